The summed E-state index contributed by atoms with van der Waals surface area (Å²) in [7, 11) is 0. The van der Waals surface area contributed by atoms with E-state index in [0.29, 0.717) is 25.9 Å². The topological polar surface area (TPSA) is 95.9 Å². The molecule has 0 saturated carbocycles. The number of esters is 1. The van der Waals surface area contributed by atoms with Crippen LogP contribution in [0, 0.1) is 0 Å². The van der Waals surface area contributed by atoms with Gasteiger partial charge in [0, 0.05) is 12.8 Å². The summed E-state index contributed by atoms with van der Waals surface area (Å²) < 4.78 is 5.42. The zero-order valence-corrected chi connectivity index (χ0v) is 39.2. The molecule has 59 heavy (non-hydrogen) atoms. The Labute approximate surface area is 366 Å². The predicted octanol–water partition coefficient (Wildman–Crippen LogP) is 15.3. The summed E-state index contributed by atoms with van der Waals surface area (Å²) in [6, 6.07) is -0.568. The van der Waals surface area contributed by atoms with Crippen LogP contribution < -0.4 is 5.32 Å². The van der Waals surface area contributed by atoms with Gasteiger partial charge in [0.15, 0.2) is 0 Å². The zero-order chi connectivity index (χ0) is 43.0. The highest BCUT2D eigenvalue weighted by atomic mass is 16.5. The fourth-order valence-corrected chi connectivity index (χ4v) is 7.65. The van der Waals surface area contributed by atoms with Gasteiger partial charge < -0.3 is 20.3 Å². The van der Waals surface area contributed by atoms with Crippen molar-refractivity contribution in [1.29, 1.82) is 0 Å². The predicted molar refractivity (Wildman–Crippen MR) is 255 cm³/mol. The number of aliphatic hydroxyl groups excluding tert-OH is 2. The Hall–Kier alpha value is -1.92. The Kier molecular flexibility index (Phi) is 47.2. The molecular formula is C53H99NO5. The van der Waals surface area contributed by atoms with Crippen LogP contribution in [0.5, 0.6) is 0 Å². The molecular weight excluding hydrogens is 731 g/mol. The molecule has 1 amide bonds. The van der Waals surface area contributed by atoms with Gasteiger partial charge in [-0.1, -0.05) is 211 Å². The average molecular weight is 830 g/mol. The molecule has 0 saturated heterocycles. The van der Waals surface area contributed by atoms with Crippen LogP contribution in [0.4, 0.5) is 0 Å². The maximum atomic E-state index is 12.4. The first-order valence-corrected chi connectivity index (χ1v) is 25.7. The van der Waals surface area contributed by atoms with Crippen molar-refractivity contribution in [3.63, 3.8) is 0 Å². The molecule has 0 heterocycles. The highest BCUT2D eigenvalue weighted by molar-refractivity contribution is 5.76. The lowest BCUT2D eigenvalue weighted by molar-refractivity contribution is -0.143. The molecule has 6 heteroatoms. The fraction of sp³-hybridized carbons (Fsp3) is 0.849. The third-order valence-electron chi connectivity index (χ3n) is 11.7. The van der Waals surface area contributed by atoms with Crippen LogP contribution in [0.2, 0.25) is 0 Å². The Balaban J connectivity index is 3.55. The lowest BCUT2D eigenvalue weighted by atomic mass is 10.0. The van der Waals surface area contributed by atoms with Gasteiger partial charge in [-0.05, 0) is 77.0 Å². The molecule has 3 N–H and O–H groups in total. The number of unbranched alkanes of at least 4 members (excludes halogenated alkanes) is 30. The Morgan fingerprint density at radius 3 is 1.36 bits per heavy atom. The Morgan fingerprint density at radius 2 is 0.864 bits per heavy atom. The summed E-state index contributed by atoms with van der Waals surface area (Å²) in [5.74, 6) is -0.123. The molecule has 0 aromatic rings. The third kappa shape index (κ3) is 45.4. The van der Waals surface area contributed by atoms with E-state index in [4.69, 9.17) is 4.74 Å². The molecule has 0 aliphatic rings. The lowest BCUT2D eigenvalue weighted by Crippen LogP contribution is -2.45. The van der Waals surface area contributed by atoms with Crippen molar-refractivity contribution in [1.82, 2.24) is 5.32 Å². The molecule has 2 atom stereocenters. The maximum absolute atomic E-state index is 12.4. The van der Waals surface area contributed by atoms with Gasteiger partial charge in [0.1, 0.15) is 0 Å². The minimum Gasteiger partial charge on any atom is -0.466 e. The number of carbonyl (C=O) groups excluding carboxylic acids is 2. The van der Waals surface area contributed by atoms with Gasteiger partial charge in [-0.15, -0.1) is 0 Å². The van der Waals surface area contributed by atoms with E-state index in [2.05, 4.69) is 55.6 Å². The first-order chi connectivity index (χ1) is 29.0. The summed E-state index contributed by atoms with van der Waals surface area (Å²) in [5, 5.41) is 23.2. The highest BCUT2D eigenvalue weighted by Gasteiger charge is 2.20. The molecule has 0 bridgehead atoms. The summed E-state index contributed by atoms with van der Waals surface area (Å²) in [6.45, 7) is 4.82. The second-order valence-electron chi connectivity index (χ2n) is 17.5. The summed E-state index contributed by atoms with van der Waals surface area (Å²) >= 11 is 0. The Bertz CT molecular complexity index is 962. The van der Waals surface area contributed by atoms with Crippen molar-refractivity contribution in [3.8, 4) is 0 Å². The van der Waals surface area contributed by atoms with Crippen molar-refractivity contribution >= 4 is 11.9 Å². The summed E-state index contributed by atoms with van der Waals surface area (Å²) in [5.41, 5.74) is 0. The maximum Gasteiger partial charge on any atom is 0.305 e. The largest absolute Gasteiger partial charge is 0.466 e. The van der Waals surface area contributed by atoms with E-state index in [1.54, 1.807) is 0 Å². The molecule has 346 valence electrons. The number of hydrogen-bond donors (Lipinski definition) is 3. The SMILES string of the molecule is CCCC/C=C\C/C=C\CCCCCCCC(=O)OCCCC/C=C\CCCCCCC(=O)NC(CO)C(O)CCCCCCCCCCCCCCCCCCCC. The smallest absolute Gasteiger partial charge is 0.305 e. The molecule has 0 spiro atoms. The van der Waals surface area contributed by atoms with Crippen LogP contribution in [0.25, 0.3) is 0 Å². The average Bonchev–Trinajstić information content (AvgIpc) is 3.24. The van der Waals surface area contributed by atoms with Crippen molar-refractivity contribution in [2.75, 3.05) is 13.2 Å². The molecule has 0 rings (SSSR count). The number of hydrogen-bond acceptors (Lipinski definition) is 5. The third-order valence-corrected chi connectivity index (χ3v) is 11.7. The number of allylic oxidation sites excluding steroid dienone is 6. The molecule has 0 aromatic heterocycles. The van der Waals surface area contributed by atoms with Gasteiger partial charge in [-0.3, -0.25) is 9.59 Å². The summed E-state index contributed by atoms with van der Waals surface area (Å²) in [4.78, 5) is 24.5. The van der Waals surface area contributed by atoms with Crippen molar-refractivity contribution < 1.29 is 24.5 Å². The molecule has 2 unspecified atom stereocenters. The number of nitrogens with one attached hydrogen (secondary N) is 1. The minimum atomic E-state index is -0.687. The van der Waals surface area contributed by atoms with Crippen molar-refractivity contribution in [3.05, 3.63) is 36.5 Å². The number of ether oxygens (including phenoxy) is 1. The van der Waals surface area contributed by atoms with Crippen molar-refractivity contribution in [2.24, 2.45) is 0 Å². The Morgan fingerprint density at radius 1 is 0.475 bits per heavy atom. The molecule has 0 aliphatic heterocycles. The lowest BCUT2D eigenvalue weighted by Gasteiger charge is -2.22. The number of rotatable bonds is 47. The highest BCUT2D eigenvalue weighted by Crippen LogP contribution is 2.16. The number of aliphatic hydroxyl groups is 2. The quantitative estimate of drug-likeness (QED) is 0.0323. The van der Waals surface area contributed by atoms with E-state index < -0.39 is 12.1 Å². The normalized spacial score (nSPS) is 12.9. The van der Waals surface area contributed by atoms with Gasteiger partial charge in [0.25, 0.3) is 0 Å². The van der Waals surface area contributed by atoms with Crippen LogP contribution in [0.15, 0.2) is 36.5 Å². The fourth-order valence-electron chi connectivity index (χ4n) is 7.65. The van der Waals surface area contributed by atoms with E-state index in [0.717, 1.165) is 89.9 Å². The zero-order valence-electron chi connectivity index (χ0n) is 39.2. The van der Waals surface area contributed by atoms with Crippen LogP contribution in [-0.4, -0.2) is 47.4 Å². The van der Waals surface area contributed by atoms with Gasteiger partial charge in [0.2, 0.25) is 5.91 Å². The van der Waals surface area contributed by atoms with Gasteiger partial charge in [-0.2, -0.15) is 0 Å². The van der Waals surface area contributed by atoms with Crippen molar-refractivity contribution in [2.45, 2.75) is 276 Å². The molecule has 0 aromatic carbocycles. The second-order valence-corrected chi connectivity index (χ2v) is 17.5. The standard InChI is InChI=1S/C53H99NO5/c1-3-5-7-9-11-13-15-17-19-20-21-22-23-25-29-33-37-41-45-51(56)50(49-55)54-52(57)46-42-38-34-30-27-28-32-36-40-44-48-59-53(58)47-43-39-35-31-26-24-18-16-14-12-10-8-6-4-2/h10,12,16,18,28,32,50-51,55-56H,3-9,11,13-15,17,19-27,29-31,33-49H2,1-2H3,(H,54,57)/b12-10-,18-16-,32-28-. The monoisotopic (exact) mass is 830 g/mol. The van der Waals surface area contributed by atoms with E-state index in [1.807, 2.05) is 0 Å². The number of carbonyl (C=O) groups is 2. The van der Waals surface area contributed by atoms with E-state index in [1.165, 1.54) is 141 Å². The molecule has 0 fully saturated rings. The molecule has 0 aliphatic carbocycles. The molecule has 0 radical (unpaired) electrons. The van der Waals surface area contributed by atoms with Crippen LogP contribution in [-0.2, 0) is 14.3 Å². The van der Waals surface area contributed by atoms with E-state index in [9.17, 15) is 19.8 Å². The van der Waals surface area contributed by atoms with Gasteiger partial charge in [-0.25, -0.2) is 0 Å². The van der Waals surface area contributed by atoms with Gasteiger partial charge >= 0.3 is 5.97 Å². The second kappa shape index (κ2) is 48.7. The van der Waals surface area contributed by atoms with Crippen LogP contribution in [0.1, 0.15) is 264 Å². The van der Waals surface area contributed by atoms with E-state index >= 15 is 0 Å². The first kappa shape index (κ1) is 57.1. The minimum absolute atomic E-state index is 0.0511. The van der Waals surface area contributed by atoms with Crippen LogP contribution in [0.3, 0.4) is 0 Å². The molecule has 6 nitrogen and oxygen atoms in total. The van der Waals surface area contributed by atoms with E-state index in [-0.39, 0.29) is 18.5 Å². The first-order valence-electron chi connectivity index (χ1n) is 25.7. The van der Waals surface area contributed by atoms with Gasteiger partial charge in [0.05, 0.1) is 25.4 Å². The summed E-state index contributed by atoms with van der Waals surface area (Å²) in [6.07, 6.45) is 58.3. The van der Waals surface area contributed by atoms with Crippen LogP contribution >= 0.6 is 0 Å². The number of amides is 1.